The van der Waals surface area contributed by atoms with Crippen LogP contribution in [-0.4, -0.2) is 26.6 Å². The zero-order chi connectivity index (χ0) is 11.4. The fraction of sp³-hybridized carbons (Fsp3) is 0.364. The molecule has 0 aromatic carbocycles. The summed E-state index contributed by atoms with van der Waals surface area (Å²) in [6.45, 7) is 2.81. The molecule has 2 rings (SSSR count). The Balaban J connectivity index is 2.27. The van der Waals surface area contributed by atoms with E-state index in [0.717, 1.165) is 30.3 Å². The van der Waals surface area contributed by atoms with Gasteiger partial charge in [-0.3, -0.25) is 9.55 Å². The third-order valence-electron chi connectivity index (χ3n) is 2.33. The second-order valence-corrected chi connectivity index (χ2v) is 3.46. The lowest BCUT2D eigenvalue weighted by molar-refractivity contribution is 0.775. The smallest absolute Gasteiger partial charge is 0.156 e. The topological polar surface area (TPSA) is 55.6 Å². The van der Waals surface area contributed by atoms with Gasteiger partial charge in [0.25, 0.3) is 0 Å². The fourth-order valence-corrected chi connectivity index (χ4v) is 1.55. The van der Waals surface area contributed by atoms with Crippen LogP contribution in [0, 0.1) is 0 Å². The molecule has 5 heteroatoms. The second kappa shape index (κ2) is 4.85. The minimum Gasteiger partial charge on any atom is -0.314 e. The zero-order valence-electron chi connectivity index (χ0n) is 9.51. The van der Waals surface area contributed by atoms with Crippen molar-refractivity contribution < 1.29 is 0 Å². The quantitative estimate of drug-likeness (QED) is 0.828. The molecular formula is C11H15N5. The van der Waals surface area contributed by atoms with Gasteiger partial charge in [0.1, 0.15) is 5.82 Å². The molecule has 5 nitrogen and oxygen atoms in total. The summed E-state index contributed by atoms with van der Waals surface area (Å²) in [5.74, 6) is 1.81. The van der Waals surface area contributed by atoms with Gasteiger partial charge in [-0.15, -0.1) is 0 Å². The number of hydrogen-bond donors (Lipinski definition) is 1. The first-order chi connectivity index (χ1) is 7.85. The van der Waals surface area contributed by atoms with E-state index in [2.05, 4.69) is 27.2 Å². The second-order valence-electron chi connectivity index (χ2n) is 3.46. The summed E-state index contributed by atoms with van der Waals surface area (Å²) in [7, 11) is 1.89. The minimum absolute atomic E-state index is 0.734. The van der Waals surface area contributed by atoms with E-state index < -0.39 is 0 Å². The molecule has 0 aliphatic carbocycles. The predicted molar refractivity (Wildman–Crippen MR) is 61.3 cm³/mol. The Labute approximate surface area is 94.6 Å². The predicted octanol–water partition coefficient (Wildman–Crippen LogP) is 0.944. The molecule has 16 heavy (non-hydrogen) atoms. The van der Waals surface area contributed by atoms with Crippen molar-refractivity contribution in [1.82, 2.24) is 24.8 Å². The third kappa shape index (κ3) is 2.09. The van der Waals surface area contributed by atoms with Gasteiger partial charge in [-0.2, -0.15) is 0 Å². The zero-order valence-corrected chi connectivity index (χ0v) is 9.51. The van der Waals surface area contributed by atoms with Crippen molar-refractivity contribution in [2.75, 3.05) is 7.05 Å². The summed E-state index contributed by atoms with van der Waals surface area (Å²) in [6, 6.07) is 0. The van der Waals surface area contributed by atoms with Gasteiger partial charge in [-0.05, 0) is 7.05 Å². The lowest BCUT2D eigenvalue weighted by atomic mass is 10.4. The van der Waals surface area contributed by atoms with Crippen molar-refractivity contribution in [3.05, 3.63) is 36.3 Å². The summed E-state index contributed by atoms with van der Waals surface area (Å²) < 4.78 is 1.95. The van der Waals surface area contributed by atoms with E-state index in [0.29, 0.717) is 0 Å². The molecule has 0 aliphatic heterocycles. The van der Waals surface area contributed by atoms with E-state index >= 15 is 0 Å². The van der Waals surface area contributed by atoms with Crippen molar-refractivity contribution in [2.24, 2.45) is 0 Å². The molecule has 0 amide bonds. The summed E-state index contributed by atoms with van der Waals surface area (Å²) in [5, 5.41) is 3.04. The van der Waals surface area contributed by atoms with Crippen LogP contribution in [0.25, 0.3) is 5.82 Å². The van der Waals surface area contributed by atoms with Gasteiger partial charge in [-0.1, -0.05) is 6.92 Å². The van der Waals surface area contributed by atoms with E-state index in [1.807, 2.05) is 17.8 Å². The molecule has 0 spiro atoms. The molecule has 0 radical (unpaired) electrons. The van der Waals surface area contributed by atoms with Crippen LogP contribution in [0.2, 0.25) is 0 Å². The monoisotopic (exact) mass is 217 g/mol. The van der Waals surface area contributed by atoms with Crippen LogP contribution in [0.5, 0.6) is 0 Å². The van der Waals surface area contributed by atoms with E-state index in [1.165, 1.54) is 0 Å². The molecule has 0 unspecified atom stereocenters. The summed E-state index contributed by atoms with van der Waals surface area (Å²) in [5.41, 5.74) is 0.935. The van der Waals surface area contributed by atoms with E-state index in [9.17, 15) is 0 Å². The first-order valence-electron chi connectivity index (χ1n) is 5.33. The van der Waals surface area contributed by atoms with Gasteiger partial charge in [0, 0.05) is 25.4 Å². The number of aromatic nitrogens is 4. The van der Waals surface area contributed by atoms with E-state index in [1.54, 1.807) is 18.6 Å². The molecule has 1 N–H and O–H groups in total. The number of hydrogen-bond acceptors (Lipinski definition) is 4. The minimum atomic E-state index is 0.734. The van der Waals surface area contributed by atoms with Crippen molar-refractivity contribution in [1.29, 1.82) is 0 Å². The van der Waals surface area contributed by atoms with Crippen molar-refractivity contribution >= 4 is 0 Å². The number of nitrogens with one attached hydrogen (secondary N) is 1. The highest BCUT2D eigenvalue weighted by Crippen LogP contribution is 2.07. The average molecular weight is 217 g/mol. The van der Waals surface area contributed by atoms with Gasteiger partial charge < -0.3 is 5.32 Å². The maximum absolute atomic E-state index is 4.37. The molecule has 0 saturated heterocycles. The van der Waals surface area contributed by atoms with Crippen LogP contribution in [0.3, 0.4) is 0 Å². The summed E-state index contributed by atoms with van der Waals surface area (Å²) in [6.07, 6.45) is 8.12. The number of imidazole rings is 1. The van der Waals surface area contributed by atoms with Crippen LogP contribution in [0.4, 0.5) is 0 Å². The Bertz CT molecular complexity index is 446. The first kappa shape index (κ1) is 10.8. The van der Waals surface area contributed by atoms with Crippen LogP contribution < -0.4 is 5.32 Å². The van der Waals surface area contributed by atoms with Gasteiger partial charge in [0.05, 0.1) is 18.1 Å². The largest absolute Gasteiger partial charge is 0.314 e. The first-order valence-corrected chi connectivity index (χ1v) is 5.33. The van der Waals surface area contributed by atoms with Crippen molar-refractivity contribution in [3.8, 4) is 5.82 Å². The molecule has 2 aromatic heterocycles. The maximum atomic E-state index is 4.37. The normalized spacial score (nSPS) is 10.6. The lowest BCUT2D eigenvalue weighted by Gasteiger charge is -2.05. The molecular weight excluding hydrogens is 202 g/mol. The summed E-state index contributed by atoms with van der Waals surface area (Å²) >= 11 is 0. The SMILES string of the molecule is CCc1nccn1-c1cnc(CNC)cn1. The lowest BCUT2D eigenvalue weighted by Crippen LogP contribution is -2.09. The van der Waals surface area contributed by atoms with Gasteiger partial charge in [0.2, 0.25) is 0 Å². The fourth-order valence-electron chi connectivity index (χ4n) is 1.55. The standard InChI is InChI=1S/C11H15N5/c1-3-10-13-4-5-16(10)11-8-14-9(6-12-2)7-15-11/h4-5,7-8,12H,3,6H2,1-2H3. The highest BCUT2D eigenvalue weighted by molar-refractivity contribution is 5.21. The average Bonchev–Trinajstić information content (AvgIpc) is 2.78. The molecule has 0 saturated carbocycles. The van der Waals surface area contributed by atoms with E-state index in [-0.39, 0.29) is 0 Å². The number of rotatable bonds is 4. The van der Waals surface area contributed by atoms with Crippen molar-refractivity contribution in [3.63, 3.8) is 0 Å². The molecule has 2 aromatic rings. The molecule has 84 valence electrons. The molecule has 2 heterocycles. The molecule has 0 bridgehead atoms. The molecule has 0 atom stereocenters. The highest BCUT2D eigenvalue weighted by atomic mass is 15.1. The Morgan fingerprint density at radius 1 is 1.25 bits per heavy atom. The van der Waals surface area contributed by atoms with Crippen molar-refractivity contribution in [2.45, 2.75) is 19.9 Å². The Morgan fingerprint density at radius 3 is 2.75 bits per heavy atom. The van der Waals surface area contributed by atoms with Crippen LogP contribution >= 0.6 is 0 Å². The van der Waals surface area contributed by atoms with Gasteiger partial charge >= 0.3 is 0 Å². The molecule has 0 aliphatic rings. The number of aryl methyl sites for hydroxylation is 1. The van der Waals surface area contributed by atoms with Crippen LogP contribution in [0.15, 0.2) is 24.8 Å². The van der Waals surface area contributed by atoms with Gasteiger partial charge in [-0.25, -0.2) is 9.97 Å². The molecule has 0 fully saturated rings. The third-order valence-corrected chi connectivity index (χ3v) is 2.33. The van der Waals surface area contributed by atoms with E-state index in [4.69, 9.17) is 0 Å². The number of nitrogens with zero attached hydrogens (tertiary/aromatic N) is 4. The van der Waals surface area contributed by atoms with Gasteiger partial charge in [0.15, 0.2) is 5.82 Å². The van der Waals surface area contributed by atoms with Crippen LogP contribution in [0.1, 0.15) is 18.4 Å². The Morgan fingerprint density at radius 2 is 2.12 bits per heavy atom. The highest BCUT2D eigenvalue weighted by Gasteiger charge is 2.04. The van der Waals surface area contributed by atoms with Crippen LogP contribution in [-0.2, 0) is 13.0 Å². The Kier molecular flexibility index (Phi) is 3.26. The summed E-state index contributed by atoms with van der Waals surface area (Å²) in [4.78, 5) is 12.9. The Hall–Kier alpha value is -1.75. The maximum Gasteiger partial charge on any atom is 0.156 e.